The molecular weight excluding hydrogens is 206 g/mol. The minimum atomic E-state index is 0.789. The Bertz CT molecular complexity index is 255. The minimum absolute atomic E-state index is 0.789. The molecule has 0 bridgehead atoms. The normalized spacial score (nSPS) is 21.7. The molecule has 1 atom stereocenters. The van der Waals surface area contributed by atoms with Crippen molar-refractivity contribution in [1.29, 1.82) is 0 Å². The highest BCUT2D eigenvalue weighted by Gasteiger charge is 2.12. The highest BCUT2D eigenvalue weighted by molar-refractivity contribution is 7.09. The number of hydrogen-bond donors (Lipinski definition) is 1. The molecule has 1 saturated heterocycles. The number of thiophene rings is 1. The van der Waals surface area contributed by atoms with E-state index in [0.717, 1.165) is 19.1 Å². The topological polar surface area (TPSA) is 21.3 Å². The molecule has 0 radical (unpaired) electrons. The number of rotatable bonds is 5. The lowest BCUT2D eigenvalue weighted by Gasteiger charge is -2.22. The van der Waals surface area contributed by atoms with Crippen LogP contribution in [0.4, 0.5) is 0 Å². The smallest absolute Gasteiger partial charge is 0.0809 e. The standard InChI is InChI=1S/C12H19NOS/c1-3-11(9-13-6-1)5-7-14-10-12-4-2-8-15-12/h2,4,8,11,13H,1,3,5-7,9-10H2. The van der Waals surface area contributed by atoms with E-state index in [2.05, 4.69) is 22.8 Å². The molecule has 0 saturated carbocycles. The van der Waals surface area contributed by atoms with E-state index in [4.69, 9.17) is 4.74 Å². The van der Waals surface area contributed by atoms with Crippen LogP contribution in [0.3, 0.4) is 0 Å². The van der Waals surface area contributed by atoms with E-state index in [1.165, 1.54) is 37.2 Å². The van der Waals surface area contributed by atoms with Crippen LogP contribution in [0.1, 0.15) is 24.1 Å². The number of hydrogen-bond acceptors (Lipinski definition) is 3. The predicted octanol–water partition coefficient (Wildman–Crippen LogP) is 2.65. The van der Waals surface area contributed by atoms with E-state index in [1.54, 1.807) is 11.3 Å². The van der Waals surface area contributed by atoms with Gasteiger partial charge in [-0.15, -0.1) is 11.3 Å². The van der Waals surface area contributed by atoms with Crippen LogP contribution >= 0.6 is 11.3 Å². The molecule has 15 heavy (non-hydrogen) atoms. The summed E-state index contributed by atoms with van der Waals surface area (Å²) in [6, 6.07) is 4.21. The molecule has 0 aliphatic carbocycles. The minimum Gasteiger partial charge on any atom is -0.376 e. The monoisotopic (exact) mass is 225 g/mol. The van der Waals surface area contributed by atoms with E-state index in [-0.39, 0.29) is 0 Å². The van der Waals surface area contributed by atoms with Crippen molar-refractivity contribution in [3.63, 3.8) is 0 Å². The summed E-state index contributed by atoms with van der Waals surface area (Å²) in [5.41, 5.74) is 0. The lowest BCUT2D eigenvalue weighted by atomic mass is 9.97. The van der Waals surface area contributed by atoms with Gasteiger partial charge in [-0.2, -0.15) is 0 Å². The molecule has 1 N–H and O–H groups in total. The molecule has 2 rings (SSSR count). The maximum Gasteiger partial charge on any atom is 0.0809 e. The predicted molar refractivity (Wildman–Crippen MR) is 64.2 cm³/mol. The molecule has 2 heterocycles. The average molecular weight is 225 g/mol. The van der Waals surface area contributed by atoms with Crippen LogP contribution in [0.5, 0.6) is 0 Å². The van der Waals surface area contributed by atoms with Crippen LogP contribution in [0.25, 0.3) is 0 Å². The fraction of sp³-hybridized carbons (Fsp3) is 0.667. The van der Waals surface area contributed by atoms with Crippen LogP contribution in [0.2, 0.25) is 0 Å². The van der Waals surface area contributed by atoms with Crippen LogP contribution < -0.4 is 5.32 Å². The van der Waals surface area contributed by atoms with Gasteiger partial charge in [0.15, 0.2) is 0 Å². The zero-order chi connectivity index (χ0) is 10.3. The van der Waals surface area contributed by atoms with Crippen molar-refractivity contribution >= 4 is 11.3 Å². The fourth-order valence-electron chi connectivity index (χ4n) is 1.99. The summed E-state index contributed by atoms with van der Waals surface area (Å²) in [6.07, 6.45) is 3.91. The van der Waals surface area contributed by atoms with Gasteiger partial charge in [-0.25, -0.2) is 0 Å². The summed E-state index contributed by atoms with van der Waals surface area (Å²) in [5, 5.41) is 5.54. The number of piperidine rings is 1. The van der Waals surface area contributed by atoms with Crippen LogP contribution in [0.15, 0.2) is 17.5 Å². The first-order valence-corrected chi connectivity index (χ1v) is 6.64. The first kappa shape index (κ1) is 11.1. The summed E-state index contributed by atoms with van der Waals surface area (Å²) < 4.78 is 5.66. The maximum absolute atomic E-state index is 5.66. The van der Waals surface area contributed by atoms with E-state index in [1.807, 2.05) is 0 Å². The molecule has 84 valence electrons. The van der Waals surface area contributed by atoms with Gasteiger partial charge in [-0.05, 0) is 49.7 Å². The molecule has 1 aromatic heterocycles. The molecule has 1 unspecified atom stereocenters. The van der Waals surface area contributed by atoms with Crippen LogP contribution in [-0.2, 0) is 11.3 Å². The van der Waals surface area contributed by atoms with Crippen molar-refractivity contribution in [3.8, 4) is 0 Å². The lowest BCUT2D eigenvalue weighted by molar-refractivity contribution is 0.105. The van der Waals surface area contributed by atoms with Gasteiger partial charge in [0.05, 0.1) is 6.61 Å². The third kappa shape index (κ3) is 3.93. The Labute approximate surface area is 95.6 Å². The van der Waals surface area contributed by atoms with Gasteiger partial charge in [0.2, 0.25) is 0 Å². The van der Waals surface area contributed by atoms with E-state index < -0.39 is 0 Å². The molecular formula is C12H19NOS. The van der Waals surface area contributed by atoms with E-state index in [9.17, 15) is 0 Å². The molecule has 0 spiro atoms. The van der Waals surface area contributed by atoms with Gasteiger partial charge in [0.1, 0.15) is 0 Å². The largest absolute Gasteiger partial charge is 0.376 e. The third-order valence-electron chi connectivity index (χ3n) is 2.89. The zero-order valence-electron chi connectivity index (χ0n) is 9.08. The van der Waals surface area contributed by atoms with Gasteiger partial charge in [-0.3, -0.25) is 0 Å². The van der Waals surface area contributed by atoms with Crippen molar-refractivity contribution in [3.05, 3.63) is 22.4 Å². The van der Waals surface area contributed by atoms with Crippen molar-refractivity contribution in [2.75, 3.05) is 19.7 Å². The summed E-state index contributed by atoms with van der Waals surface area (Å²) in [4.78, 5) is 1.33. The molecule has 0 aromatic carbocycles. The van der Waals surface area contributed by atoms with Crippen molar-refractivity contribution in [2.45, 2.75) is 25.9 Å². The summed E-state index contributed by atoms with van der Waals surface area (Å²) in [7, 11) is 0. The molecule has 2 nitrogen and oxygen atoms in total. The Morgan fingerprint density at radius 3 is 3.27 bits per heavy atom. The fourth-order valence-corrected chi connectivity index (χ4v) is 2.63. The Morgan fingerprint density at radius 2 is 2.53 bits per heavy atom. The highest BCUT2D eigenvalue weighted by Crippen LogP contribution is 2.15. The Kier molecular flexibility index (Phi) is 4.64. The van der Waals surface area contributed by atoms with Crippen LogP contribution in [0, 0.1) is 5.92 Å². The Morgan fingerprint density at radius 1 is 1.53 bits per heavy atom. The number of ether oxygens (including phenoxy) is 1. The molecule has 0 amide bonds. The van der Waals surface area contributed by atoms with Gasteiger partial charge in [0.25, 0.3) is 0 Å². The Balaban J connectivity index is 1.54. The van der Waals surface area contributed by atoms with Gasteiger partial charge in [0, 0.05) is 11.5 Å². The highest BCUT2D eigenvalue weighted by atomic mass is 32.1. The molecule has 3 heteroatoms. The van der Waals surface area contributed by atoms with Crippen molar-refractivity contribution in [1.82, 2.24) is 5.32 Å². The first-order valence-electron chi connectivity index (χ1n) is 5.76. The Hall–Kier alpha value is -0.380. The second-order valence-electron chi connectivity index (χ2n) is 4.13. The second-order valence-corrected chi connectivity index (χ2v) is 5.17. The molecule has 1 aliphatic rings. The summed E-state index contributed by atoms with van der Waals surface area (Å²) >= 11 is 1.77. The maximum atomic E-state index is 5.66. The zero-order valence-corrected chi connectivity index (χ0v) is 9.89. The van der Waals surface area contributed by atoms with Gasteiger partial charge < -0.3 is 10.1 Å². The molecule has 1 fully saturated rings. The summed E-state index contributed by atoms with van der Waals surface area (Å²) in [6.45, 7) is 4.08. The van der Waals surface area contributed by atoms with Crippen molar-refractivity contribution < 1.29 is 4.74 Å². The average Bonchev–Trinajstić information content (AvgIpc) is 2.79. The van der Waals surface area contributed by atoms with Crippen molar-refractivity contribution in [2.24, 2.45) is 5.92 Å². The van der Waals surface area contributed by atoms with Crippen LogP contribution in [-0.4, -0.2) is 19.7 Å². The molecule has 1 aromatic rings. The lowest BCUT2D eigenvalue weighted by Crippen LogP contribution is -2.30. The quantitative estimate of drug-likeness (QED) is 0.778. The first-order chi connectivity index (χ1) is 7.45. The number of nitrogens with one attached hydrogen (secondary N) is 1. The van der Waals surface area contributed by atoms with E-state index in [0.29, 0.717) is 0 Å². The van der Waals surface area contributed by atoms with E-state index >= 15 is 0 Å². The SMILES string of the molecule is c1csc(COCCC2CCCNC2)c1. The second kappa shape index (κ2) is 6.26. The summed E-state index contributed by atoms with van der Waals surface area (Å²) in [5.74, 6) is 0.835. The molecule has 1 aliphatic heterocycles. The van der Waals surface area contributed by atoms with Gasteiger partial charge >= 0.3 is 0 Å². The third-order valence-corrected chi connectivity index (χ3v) is 3.74. The van der Waals surface area contributed by atoms with Gasteiger partial charge in [-0.1, -0.05) is 6.07 Å².